The van der Waals surface area contributed by atoms with Gasteiger partial charge in [-0.15, -0.1) is 0 Å². The number of hydrogen-bond donors (Lipinski definition) is 1. The number of hydrogen-bond acceptors (Lipinski definition) is 3. The summed E-state index contributed by atoms with van der Waals surface area (Å²) in [4.78, 5) is 12.7. The predicted molar refractivity (Wildman–Crippen MR) is 115 cm³/mol. The molecule has 0 bridgehead atoms. The van der Waals surface area contributed by atoms with Gasteiger partial charge in [-0.3, -0.25) is 4.99 Å². The van der Waals surface area contributed by atoms with Crippen molar-refractivity contribution in [3.63, 3.8) is 0 Å². The summed E-state index contributed by atoms with van der Waals surface area (Å²) in [5.41, 5.74) is 3.04. The zero-order chi connectivity index (χ0) is 23.2. The molecule has 9 heteroatoms. The first kappa shape index (κ1) is 22.0. The van der Waals surface area contributed by atoms with E-state index < -0.39 is 17.6 Å². The fourth-order valence-corrected chi connectivity index (χ4v) is 4.14. The zero-order valence-corrected chi connectivity index (χ0v) is 17.7. The van der Waals surface area contributed by atoms with Crippen LogP contribution in [-0.4, -0.2) is 35.8 Å². The molecule has 3 heterocycles. The molecule has 1 aliphatic heterocycles. The summed E-state index contributed by atoms with van der Waals surface area (Å²) in [6, 6.07) is 4.02. The molecule has 168 valence electrons. The van der Waals surface area contributed by atoms with Gasteiger partial charge in [0.1, 0.15) is 5.82 Å². The fraction of sp³-hybridized carbons (Fsp3) is 0.304. The molecule has 0 spiro atoms. The zero-order valence-electron chi connectivity index (χ0n) is 17.7. The van der Waals surface area contributed by atoms with E-state index in [0.29, 0.717) is 41.7 Å². The monoisotopic (exact) mass is 448 g/mol. The summed E-state index contributed by atoms with van der Waals surface area (Å²) in [6.07, 6.45) is -1.88. The first-order valence-corrected chi connectivity index (χ1v) is 10.0. The SMILES string of the molecule is CN=C1CCN(c2ncc(C(F)(F)F)cc2F)C/C1=C(/C)c1cc(C)c(F)c2[nH]ccc12. The van der Waals surface area contributed by atoms with Crippen LogP contribution in [0.15, 0.2) is 41.2 Å². The molecule has 1 N–H and O–H groups in total. The Labute approximate surface area is 181 Å². The Bertz CT molecular complexity index is 1250. The maximum absolute atomic E-state index is 14.6. The maximum Gasteiger partial charge on any atom is 0.417 e. The average Bonchev–Trinajstić information content (AvgIpc) is 3.25. The quantitative estimate of drug-likeness (QED) is 0.495. The van der Waals surface area contributed by atoms with Crippen LogP contribution in [-0.2, 0) is 6.18 Å². The second kappa shape index (κ2) is 8.03. The van der Waals surface area contributed by atoms with Crippen LogP contribution in [0.1, 0.15) is 30.0 Å². The molecule has 0 saturated carbocycles. The van der Waals surface area contributed by atoms with E-state index in [1.165, 1.54) is 0 Å². The lowest BCUT2D eigenvalue weighted by Gasteiger charge is -2.32. The lowest BCUT2D eigenvalue weighted by molar-refractivity contribution is -0.138. The van der Waals surface area contributed by atoms with Crippen LogP contribution >= 0.6 is 0 Å². The molecule has 0 aliphatic carbocycles. The number of alkyl halides is 3. The molecule has 0 atom stereocenters. The highest BCUT2D eigenvalue weighted by atomic mass is 19.4. The maximum atomic E-state index is 14.6. The van der Waals surface area contributed by atoms with Crippen molar-refractivity contribution in [1.82, 2.24) is 9.97 Å². The molecule has 3 aromatic rings. The van der Waals surface area contributed by atoms with E-state index in [-0.39, 0.29) is 18.2 Å². The average molecular weight is 448 g/mol. The molecule has 0 unspecified atom stereocenters. The van der Waals surface area contributed by atoms with Gasteiger partial charge in [-0.05, 0) is 54.3 Å². The van der Waals surface area contributed by atoms with Crippen molar-refractivity contribution in [1.29, 1.82) is 0 Å². The number of benzene rings is 1. The number of rotatable bonds is 2. The van der Waals surface area contributed by atoms with E-state index in [1.54, 1.807) is 37.2 Å². The van der Waals surface area contributed by atoms with Gasteiger partial charge in [-0.25, -0.2) is 13.8 Å². The Hall–Kier alpha value is -3.23. The van der Waals surface area contributed by atoms with E-state index in [1.807, 2.05) is 6.92 Å². The number of aliphatic imine (C=N–C) groups is 1. The van der Waals surface area contributed by atoms with Gasteiger partial charge in [0.2, 0.25) is 0 Å². The van der Waals surface area contributed by atoms with Crippen molar-refractivity contribution < 1.29 is 22.0 Å². The first-order chi connectivity index (χ1) is 15.1. The molecule has 1 aliphatic rings. The van der Waals surface area contributed by atoms with Gasteiger partial charge in [0.05, 0.1) is 11.1 Å². The summed E-state index contributed by atoms with van der Waals surface area (Å²) in [5, 5.41) is 0.713. The molecule has 4 rings (SSSR count). The number of pyridine rings is 1. The Kier molecular flexibility index (Phi) is 5.52. The normalized spacial score (nSPS) is 18.0. The molecule has 1 fully saturated rings. The topological polar surface area (TPSA) is 44.3 Å². The van der Waals surface area contributed by atoms with E-state index in [9.17, 15) is 22.0 Å². The van der Waals surface area contributed by atoms with Gasteiger partial charge in [0, 0.05) is 50.0 Å². The molecule has 32 heavy (non-hydrogen) atoms. The number of nitrogens with one attached hydrogen (secondary N) is 1. The molecule has 2 aromatic heterocycles. The minimum Gasteiger partial charge on any atom is -0.359 e. The van der Waals surface area contributed by atoms with Crippen molar-refractivity contribution in [2.24, 2.45) is 4.99 Å². The minimum atomic E-state index is -4.67. The van der Waals surface area contributed by atoms with Gasteiger partial charge in [0.25, 0.3) is 0 Å². The summed E-state index contributed by atoms with van der Waals surface area (Å²) in [5.74, 6) is -1.49. The third-order valence-electron chi connectivity index (χ3n) is 5.85. The Morgan fingerprint density at radius 2 is 1.97 bits per heavy atom. The molecular weight excluding hydrogens is 427 g/mol. The van der Waals surface area contributed by atoms with Crippen molar-refractivity contribution in [3.8, 4) is 0 Å². The Balaban J connectivity index is 1.78. The van der Waals surface area contributed by atoms with Gasteiger partial charge in [0.15, 0.2) is 11.6 Å². The van der Waals surface area contributed by atoms with Crippen molar-refractivity contribution in [2.45, 2.75) is 26.4 Å². The van der Waals surface area contributed by atoms with Crippen molar-refractivity contribution >= 4 is 28.0 Å². The largest absolute Gasteiger partial charge is 0.417 e. The Morgan fingerprint density at radius 1 is 1.22 bits per heavy atom. The number of fused-ring (bicyclic) bond motifs is 1. The lowest BCUT2D eigenvalue weighted by Crippen LogP contribution is -2.37. The number of allylic oxidation sites excluding steroid dienone is 1. The van der Waals surface area contributed by atoms with Gasteiger partial charge in [-0.1, -0.05) is 0 Å². The van der Waals surface area contributed by atoms with E-state index in [2.05, 4.69) is 15.0 Å². The number of piperidine rings is 1. The molecule has 0 amide bonds. The Morgan fingerprint density at radius 3 is 2.62 bits per heavy atom. The number of aryl methyl sites for hydroxylation is 1. The highest BCUT2D eigenvalue weighted by Gasteiger charge is 2.33. The van der Waals surface area contributed by atoms with E-state index >= 15 is 0 Å². The van der Waals surface area contributed by atoms with Crippen LogP contribution in [0.5, 0.6) is 0 Å². The molecule has 0 radical (unpaired) electrons. The standard InChI is InChI=1S/C23H21F5N4/c1-12-8-16(15-4-6-30-21(15)20(12)25)13(2)17-11-32(7-5-19(17)29-3)22-18(24)9-14(10-31-22)23(26,27)28/h4,6,8-10,30H,5,7,11H2,1-3H3/b17-13+,29-19?. The third kappa shape index (κ3) is 3.76. The second-order valence-corrected chi connectivity index (χ2v) is 7.79. The van der Waals surface area contributed by atoms with Crippen molar-refractivity contribution in [3.05, 3.63) is 64.5 Å². The van der Waals surface area contributed by atoms with Gasteiger partial charge < -0.3 is 9.88 Å². The smallest absolute Gasteiger partial charge is 0.359 e. The highest BCUT2D eigenvalue weighted by Crippen LogP contribution is 2.35. The van der Waals surface area contributed by atoms with E-state index in [4.69, 9.17) is 0 Å². The molecule has 4 nitrogen and oxygen atoms in total. The first-order valence-electron chi connectivity index (χ1n) is 10.0. The molecule has 1 saturated heterocycles. The van der Waals surface area contributed by atoms with Crippen LogP contribution in [0.4, 0.5) is 27.8 Å². The number of aromatic amines is 1. The van der Waals surface area contributed by atoms with Crippen molar-refractivity contribution in [2.75, 3.05) is 25.0 Å². The van der Waals surface area contributed by atoms with Gasteiger partial charge in [-0.2, -0.15) is 13.2 Å². The fourth-order valence-electron chi connectivity index (χ4n) is 4.14. The lowest BCUT2D eigenvalue weighted by atomic mass is 9.90. The summed E-state index contributed by atoms with van der Waals surface area (Å²) < 4.78 is 67.7. The predicted octanol–water partition coefficient (Wildman–Crippen LogP) is 5.92. The number of anilines is 1. The van der Waals surface area contributed by atoms with Gasteiger partial charge >= 0.3 is 6.18 Å². The number of halogens is 5. The minimum absolute atomic E-state index is 0.138. The van der Waals surface area contributed by atoms with Crippen LogP contribution < -0.4 is 4.90 Å². The van der Waals surface area contributed by atoms with Crippen LogP contribution in [0, 0.1) is 18.6 Å². The van der Waals surface area contributed by atoms with E-state index in [0.717, 1.165) is 22.4 Å². The number of nitrogens with zero attached hydrogens (tertiary/aromatic N) is 3. The third-order valence-corrected chi connectivity index (χ3v) is 5.85. The summed E-state index contributed by atoms with van der Waals surface area (Å²) in [6.45, 7) is 4.15. The van der Waals surface area contributed by atoms with Crippen LogP contribution in [0.2, 0.25) is 0 Å². The molecule has 1 aromatic carbocycles. The summed E-state index contributed by atoms with van der Waals surface area (Å²) >= 11 is 0. The van der Waals surface area contributed by atoms with Crippen LogP contribution in [0.3, 0.4) is 0 Å². The van der Waals surface area contributed by atoms with Crippen LogP contribution in [0.25, 0.3) is 16.5 Å². The summed E-state index contributed by atoms with van der Waals surface area (Å²) in [7, 11) is 1.66. The molecular formula is C23H21F5N4. The number of aromatic nitrogens is 2. The number of H-pyrrole nitrogens is 1. The highest BCUT2D eigenvalue weighted by molar-refractivity contribution is 6.10. The second-order valence-electron chi connectivity index (χ2n) is 7.79.